The molecule has 1 aliphatic heterocycles. The maximum absolute atomic E-state index is 5.72. The maximum atomic E-state index is 5.72. The van der Waals surface area contributed by atoms with Crippen molar-refractivity contribution in [2.75, 3.05) is 20.3 Å². The molecule has 1 N–H and O–H groups in total. The molecule has 1 aromatic rings. The summed E-state index contributed by atoms with van der Waals surface area (Å²) in [5.74, 6) is 1.71. The van der Waals surface area contributed by atoms with Crippen LogP contribution in [0.25, 0.3) is 0 Å². The van der Waals surface area contributed by atoms with Gasteiger partial charge < -0.3 is 14.8 Å². The molecule has 0 aliphatic carbocycles. The molecule has 0 amide bonds. The topological polar surface area (TPSA) is 30.5 Å². The van der Waals surface area contributed by atoms with E-state index in [1.165, 1.54) is 5.57 Å². The molecule has 17 heavy (non-hydrogen) atoms. The van der Waals surface area contributed by atoms with E-state index in [9.17, 15) is 0 Å². The van der Waals surface area contributed by atoms with E-state index in [1.807, 2.05) is 19.2 Å². The second kappa shape index (κ2) is 5.23. The number of hydrogen-bond acceptors (Lipinski definition) is 3. The first-order chi connectivity index (χ1) is 8.22. The van der Waals surface area contributed by atoms with E-state index < -0.39 is 0 Å². The number of rotatable bonds is 3. The monoisotopic (exact) mass is 233 g/mol. The van der Waals surface area contributed by atoms with Gasteiger partial charge in [0.05, 0.1) is 6.04 Å². The summed E-state index contributed by atoms with van der Waals surface area (Å²) >= 11 is 0. The molecule has 0 radical (unpaired) electrons. The highest BCUT2D eigenvalue weighted by Crippen LogP contribution is 2.37. The highest BCUT2D eigenvalue weighted by atomic mass is 16.6. The van der Waals surface area contributed by atoms with E-state index in [0.29, 0.717) is 13.2 Å². The van der Waals surface area contributed by atoms with Crippen molar-refractivity contribution in [1.29, 1.82) is 0 Å². The van der Waals surface area contributed by atoms with Crippen LogP contribution >= 0.6 is 0 Å². The Balaban J connectivity index is 2.40. The number of benzene rings is 1. The van der Waals surface area contributed by atoms with Crippen molar-refractivity contribution in [3.05, 3.63) is 35.4 Å². The lowest BCUT2D eigenvalue weighted by atomic mass is 10.0. The fourth-order valence-electron chi connectivity index (χ4n) is 2.00. The van der Waals surface area contributed by atoms with Crippen LogP contribution in [0.4, 0.5) is 0 Å². The van der Waals surface area contributed by atoms with Gasteiger partial charge in [0.2, 0.25) is 0 Å². The van der Waals surface area contributed by atoms with Crippen LogP contribution in [0, 0.1) is 0 Å². The molecule has 1 aliphatic rings. The lowest BCUT2D eigenvalue weighted by Gasteiger charge is -2.24. The Morgan fingerprint density at radius 1 is 1.29 bits per heavy atom. The third-order valence-corrected chi connectivity index (χ3v) is 2.74. The van der Waals surface area contributed by atoms with Crippen molar-refractivity contribution in [3.63, 3.8) is 0 Å². The normalized spacial score (nSPS) is 15.2. The molecule has 0 aromatic heterocycles. The molecule has 0 bridgehead atoms. The maximum Gasteiger partial charge on any atom is 0.166 e. The third-order valence-electron chi connectivity index (χ3n) is 2.74. The molecular weight excluding hydrogens is 214 g/mol. The summed E-state index contributed by atoms with van der Waals surface area (Å²) in [6, 6.07) is 6.20. The van der Waals surface area contributed by atoms with Crippen molar-refractivity contribution in [2.24, 2.45) is 0 Å². The van der Waals surface area contributed by atoms with Crippen molar-refractivity contribution in [1.82, 2.24) is 5.32 Å². The van der Waals surface area contributed by atoms with Crippen molar-refractivity contribution in [2.45, 2.75) is 19.9 Å². The zero-order valence-electron chi connectivity index (χ0n) is 10.6. The number of allylic oxidation sites excluding steroid dienone is 1. The van der Waals surface area contributed by atoms with Gasteiger partial charge in [0, 0.05) is 5.56 Å². The molecule has 3 heteroatoms. The van der Waals surface area contributed by atoms with Gasteiger partial charge in [-0.1, -0.05) is 23.8 Å². The zero-order chi connectivity index (χ0) is 12.3. The minimum atomic E-state index is 0.164. The van der Waals surface area contributed by atoms with E-state index in [0.717, 1.165) is 17.1 Å². The zero-order valence-corrected chi connectivity index (χ0v) is 10.6. The van der Waals surface area contributed by atoms with Gasteiger partial charge in [0.25, 0.3) is 0 Å². The molecule has 1 heterocycles. The summed E-state index contributed by atoms with van der Waals surface area (Å²) in [5, 5.41) is 3.29. The van der Waals surface area contributed by atoms with Crippen molar-refractivity contribution < 1.29 is 9.47 Å². The van der Waals surface area contributed by atoms with Gasteiger partial charge in [0.15, 0.2) is 11.5 Å². The van der Waals surface area contributed by atoms with Crippen molar-refractivity contribution >= 4 is 0 Å². The predicted molar refractivity (Wildman–Crippen MR) is 68.7 cm³/mol. The molecule has 0 saturated carbocycles. The summed E-state index contributed by atoms with van der Waals surface area (Å²) in [5.41, 5.74) is 2.41. The van der Waals surface area contributed by atoms with Crippen LogP contribution in [0.2, 0.25) is 0 Å². The second-order valence-corrected chi connectivity index (χ2v) is 4.38. The summed E-state index contributed by atoms with van der Waals surface area (Å²) in [6.45, 7) is 5.44. The molecule has 1 aromatic carbocycles. The molecule has 0 saturated heterocycles. The van der Waals surface area contributed by atoms with Gasteiger partial charge in [-0.25, -0.2) is 0 Å². The quantitative estimate of drug-likeness (QED) is 0.814. The minimum Gasteiger partial charge on any atom is -0.486 e. The second-order valence-electron chi connectivity index (χ2n) is 4.38. The first-order valence-electron chi connectivity index (χ1n) is 5.93. The van der Waals surface area contributed by atoms with E-state index >= 15 is 0 Å². The van der Waals surface area contributed by atoms with Crippen LogP contribution in [0.1, 0.15) is 25.5 Å². The van der Waals surface area contributed by atoms with E-state index in [-0.39, 0.29) is 6.04 Å². The minimum absolute atomic E-state index is 0.164. The van der Waals surface area contributed by atoms with Crippen LogP contribution in [-0.4, -0.2) is 20.3 Å². The van der Waals surface area contributed by atoms with Crippen LogP contribution in [0.3, 0.4) is 0 Å². The van der Waals surface area contributed by atoms with Crippen LogP contribution in [0.15, 0.2) is 29.8 Å². The molecule has 1 atom stereocenters. The van der Waals surface area contributed by atoms with E-state index in [2.05, 4.69) is 31.3 Å². The van der Waals surface area contributed by atoms with Gasteiger partial charge in [-0.2, -0.15) is 0 Å². The molecule has 3 nitrogen and oxygen atoms in total. The average Bonchev–Trinajstić information content (AvgIpc) is 2.35. The fourth-order valence-corrected chi connectivity index (χ4v) is 2.00. The lowest BCUT2D eigenvalue weighted by Crippen LogP contribution is -2.20. The van der Waals surface area contributed by atoms with E-state index in [4.69, 9.17) is 9.47 Å². The van der Waals surface area contributed by atoms with Crippen LogP contribution in [-0.2, 0) is 0 Å². The smallest absolute Gasteiger partial charge is 0.166 e. The number of nitrogens with one attached hydrogen (secondary N) is 1. The Morgan fingerprint density at radius 2 is 2.06 bits per heavy atom. The summed E-state index contributed by atoms with van der Waals surface area (Å²) in [6.07, 6.45) is 2.19. The molecule has 2 rings (SSSR count). The number of ether oxygens (including phenoxy) is 2. The Morgan fingerprint density at radius 3 is 2.76 bits per heavy atom. The Hall–Kier alpha value is -1.48. The standard InChI is InChI=1S/C14H19NO2/c1-10(2)9-12(15-3)11-5-4-6-13-14(11)17-8-7-16-13/h4-6,9,12,15H,7-8H2,1-3H3. The van der Waals surface area contributed by atoms with Gasteiger partial charge in [-0.15, -0.1) is 0 Å². The Labute approximate surface area is 102 Å². The van der Waals surface area contributed by atoms with Crippen molar-refractivity contribution in [3.8, 4) is 11.5 Å². The van der Waals surface area contributed by atoms with E-state index in [1.54, 1.807) is 0 Å². The first kappa shape index (κ1) is 12.0. The predicted octanol–water partition coefficient (Wildman–Crippen LogP) is 2.68. The molecule has 0 spiro atoms. The first-order valence-corrected chi connectivity index (χ1v) is 5.93. The number of likely N-dealkylation sites (N-methyl/N-ethyl adjacent to an activating group) is 1. The lowest BCUT2D eigenvalue weighted by molar-refractivity contribution is 0.169. The third kappa shape index (κ3) is 2.61. The van der Waals surface area contributed by atoms with Crippen LogP contribution in [0.5, 0.6) is 11.5 Å². The highest BCUT2D eigenvalue weighted by molar-refractivity contribution is 5.50. The number of fused-ring (bicyclic) bond motifs is 1. The highest BCUT2D eigenvalue weighted by Gasteiger charge is 2.19. The molecular formula is C14H19NO2. The Kier molecular flexibility index (Phi) is 3.69. The Bertz CT molecular complexity index is 422. The number of hydrogen-bond donors (Lipinski definition) is 1. The summed E-state index contributed by atoms with van der Waals surface area (Å²) in [7, 11) is 1.95. The van der Waals surface area contributed by atoms with Gasteiger partial charge in [0.1, 0.15) is 13.2 Å². The van der Waals surface area contributed by atoms with Gasteiger partial charge >= 0.3 is 0 Å². The van der Waals surface area contributed by atoms with Crippen LogP contribution < -0.4 is 14.8 Å². The SMILES string of the molecule is CNC(C=C(C)C)c1cccc2c1OCCO2. The largest absolute Gasteiger partial charge is 0.486 e. The van der Waals surface area contributed by atoms with Gasteiger partial charge in [-0.05, 0) is 27.0 Å². The summed E-state index contributed by atoms with van der Waals surface area (Å²) < 4.78 is 11.3. The number of para-hydroxylation sites is 1. The molecule has 0 fully saturated rings. The molecule has 92 valence electrons. The summed E-state index contributed by atoms with van der Waals surface area (Å²) in [4.78, 5) is 0. The molecule has 1 unspecified atom stereocenters. The average molecular weight is 233 g/mol. The van der Waals surface area contributed by atoms with Gasteiger partial charge in [-0.3, -0.25) is 0 Å². The fraction of sp³-hybridized carbons (Fsp3) is 0.429.